The van der Waals surface area contributed by atoms with Gasteiger partial charge in [0.25, 0.3) is 5.91 Å². The van der Waals surface area contributed by atoms with Crippen LogP contribution in [0.3, 0.4) is 0 Å². The van der Waals surface area contributed by atoms with Gasteiger partial charge in [-0.05, 0) is 12.0 Å². The van der Waals surface area contributed by atoms with Gasteiger partial charge in [0.2, 0.25) is 0 Å². The van der Waals surface area contributed by atoms with Crippen molar-refractivity contribution in [1.29, 1.82) is 0 Å². The van der Waals surface area contributed by atoms with Crippen LogP contribution in [0.2, 0.25) is 0 Å². The van der Waals surface area contributed by atoms with Crippen molar-refractivity contribution in [2.75, 3.05) is 26.8 Å². The standard InChI is InChI=1S/C13H22N2O3.ClH/c1-10(2)8-15(4-5-17-3)13(16)11-6-12(7-14)18-9-11;/h6,9-10H,4-5,7-8,14H2,1-3H3;1H. The molecule has 0 saturated carbocycles. The maximum Gasteiger partial charge on any atom is 0.257 e. The number of rotatable bonds is 7. The third-order valence-electron chi connectivity index (χ3n) is 2.54. The molecule has 0 bridgehead atoms. The Labute approximate surface area is 120 Å². The van der Waals surface area contributed by atoms with Gasteiger partial charge in [0.05, 0.1) is 18.7 Å². The molecule has 0 aromatic carbocycles. The Kier molecular flexibility index (Phi) is 8.47. The summed E-state index contributed by atoms with van der Waals surface area (Å²) in [4.78, 5) is 14.1. The van der Waals surface area contributed by atoms with Crippen LogP contribution in [0.4, 0.5) is 0 Å². The molecular weight excluding hydrogens is 268 g/mol. The smallest absolute Gasteiger partial charge is 0.257 e. The third-order valence-corrected chi connectivity index (χ3v) is 2.54. The van der Waals surface area contributed by atoms with E-state index in [9.17, 15) is 4.79 Å². The molecule has 0 fully saturated rings. The van der Waals surface area contributed by atoms with Crippen LogP contribution in [-0.2, 0) is 11.3 Å². The lowest BCUT2D eigenvalue weighted by Crippen LogP contribution is -2.36. The molecule has 0 spiro atoms. The molecule has 0 saturated heterocycles. The second-order valence-corrected chi connectivity index (χ2v) is 4.64. The second-order valence-electron chi connectivity index (χ2n) is 4.64. The molecule has 1 aromatic rings. The molecule has 1 amide bonds. The van der Waals surface area contributed by atoms with Crippen LogP contribution in [0.1, 0.15) is 30.0 Å². The number of amides is 1. The summed E-state index contributed by atoms with van der Waals surface area (Å²) < 4.78 is 10.2. The molecule has 1 heterocycles. The van der Waals surface area contributed by atoms with E-state index in [1.165, 1.54) is 6.26 Å². The fraction of sp³-hybridized carbons (Fsp3) is 0.615. The van der Waals surface area contributed by atoms with Crippen LogP contribution in [0.15, 0.2) is 16.7 Å². The lowest BCUT2D eigenvalue weighted by Gasteiger charge is -2.23. The summed E-state index contributed by atoms with van der Waals surface area (Å²) in [6.45, 7) is 6.26. The first-order chi connectivity index (χ1) is 8.58. The molecule has 0 atom stereocenters. The average molecular weight is 291 g/mol. The third kappa shape index (κ3) is 5.63. The van der Waals surface area contributed by atoms with Gasteiger partial charge in [-0.2, -0.15) is 0 Å². The Bertz CT molecular complexity index is 380. The minimum atomic E-state index is -0.0378. The van der Waals surface area contributed by atoms with Gasteiger partial charge in [-0.15, -0.1) is 12.4 Å². The molecule has 0 unspecified atom stereocenters. The average Bonchev–Trinajstić information content (AvgIpc) is 2.81. The van der Waals surface area contributed by atoms with Crippen molar-refractivity contribution in [3.8, 4) is 0 Å². The molecule has 6 heteroatoms. The van der Waals surface area contributed by atoms with E-state index in [0.29, 0.717) is 43.5 Å². The highest BCUT2D eigenvalue weighted by Gasteiger charge is 2.18. The summed E-state index contributed by atoms with van der Waals surface area (Å²) >= 11 is 0. The first kappa shape index (κ1) is 18.0. The SMILES string of the molecule is COCCN(CC(C)C)C(=O)c1coc(CN)c1.Cl. The number of furan rings is 1. The van der Waals surface area contributed by atoms with Crippen LogP contribution in [0.5, 0.6) is 0 Å². The van der Waals surface area contributed by atoms with Crippen molar-refractivity contribution < 1.29 is 13.9 Å². The van der Waals surface area contributed by atoms with Crippen LogP contribution >= 0.6 is 12.4 Å². The molecule has 2 N–H and O–H groups in total. The van der Waals surface area contributed by atoms with Gasteiger partial charge in [0.15, 0.2) is 0 Å². The lowest BCUT2D eigenvalue weighted by molar-refractivity contribution is 0.0671. The zero-order chi connectivity index (χ0) is 13.5. The predicted molar refractivity (Wildman–Crippen MR) is 76.5 cm³/mol. The molecule has 1 aromatic heterocycles. The van der Waals surface area contributed by atoms with Crippen molar-refractivity contribution in [2.24, 2.45) is 11.7 Å². The monoisotopic (exact) mass is 290 g/mol. The summed E-state index contributed by atoms with van der Waals surface area (Å²) in [7, 11) is 1.63. The van der Waals surface area contributed by atoms with Crippen molar-refractivity contribution in [2.45, 2.75) is 20.4 Å². The zero-order valence-electron chi connectivity index (χ0n) is 11.7. The van der Waals surface area contributed by atoms with E-state index in [-0.39, 0.29) is 18.3 Å². The first-order valence-electron chi connectivity index (χ1n) is 6.14. The van der Waals surface area contributed by atoms with Gasteiger partial charge in [0, 0.05) is 20.2 Å². The van der Waals surface area contributed by atoms with Gasteiger partial charge in [-0.25, -0.2) is 0 Å². The largest absolute Gasteiger partial charge is 0.467 e. The molecule has 0 aliphatic rings. The Morgan fingerprint density at radius 1 is 1.53 bits per heavy atom. The molecule has 1 rings (SSSR count). The lowest BCUT2D eigenvalue weighted by atomic mass is 10.2. The van der Waals surface area contributed by atoms with E-state index in [1.807, 2.05) is 0 Å². The van der Waals surface area contributed by atoms with Crippen LogP contribution < -0.4 is 5.73 Å². The number of carbonyl (C=O) groups excluding carboxylic acids is 1. The van der Waals surface area contributed by atoms with E-state index in [2.05, 4.69) is 13.8 Å². The number of hydrogen-bond donors (Lipinski definition) is 1. The van der Waals surface area contributed by atoms with E-state index < -0.39 is 0 Å². The number of ether oxygens (including phenoxy) is 1. The number of hydrogen-bond acceptors (Lipinski definition) is 4. The maximum absolute atomic E-state index is 12.3. The molecule has 5 nitrogen and oxygen atoms in total. The highest BCUT2D eigenvalue weighted by atomic mass is 35.5. The minimum absolute atomic E-state index is 0. The van der Waals surface area contributed by atoms with Gasteiger partial charge >= 0.3 is 0 Å². The normalized spacial score (nSPS) is 10.4. The number of halogens is 1. The predicted octanol–water partition coefficient (Wildman–Crippen LogP) is 1.90. The van der Waals surface area contributed by atoms with Crippen molar-refractivity contribution in [1.82, 2.24) is 4.90 Å². The van der Waals surface area contributed by atoms with Gasteiger partial charge in [-0.1, -0.05) is 13.8 Å². The Morgan fingerprint density at radius 3 is 2.68 bits per heavy atom. The Balaban J connectivity index is 0.00000324. The van der Waals surface area contributed by atoms with Gasteiger partial charge < -0.3 is 19.8 Å². The zero-order valence-corrected chi connectivity index (χ0v) is 12.5. The van der Waals surface area contributed by atoms with Crippen LogP contribution in [0.25, 0.3) is 0 Å². The van der Waals surface area contributed by atoms with E-state index in [4.69, 9.17) is 14.9 Å². The number of nitrogens with two attached hydrogens (primary N) is 1. The molecular formula is C13H23ClN2O3. The van der Waals surface area contributed by atoms with E-state index in [0.717, 1.165) is 0 Å². The first-order valence-corrected chi connectivity index (χ1v) is 6.14. The summed E-state index contributed by atoms with van der Waals surface area (Å²) in [6, 6.07) is 1.70. The van der Waals surface area contributed by atoms with Crippen LogP contribution in [0, 0.1) is 5.92 Å². The molecule has 0 aliphatic heterocycles. The minimum Gasteiger partial charge on any atom is -0.467 e. The molecule has 0 radical (unpaired) electrons. The Hall–Kier alpha value is -1.04. The summed E-state index contributed by atoms with van der Waals surface area (Å²) in [5.41, 5.74) is 6.01. The maximum atomic E-state index is 12.3. The van der Waals surface area contributed by atoms with E-state index >= 15 is 0 Å². The van der Waals surface area contributed by atoms with Crippen molar-refractivity contribution in [3.63, 3.8) is 0 Å². The van der Waals surface area contributed by atoms with Crippen molar-refractivity contribution >= 4 is 18.3 Å². The number of nitrogens with zero attached hydrogens (tertiary/aromatic N) is 1. The fourth-order valence-electron chi connectivity index (χ4n) is 1.70. The Morgan fingerprint density at radius 2 is 2.21 bits per heavy atom. The van der Waals surface area contributed by atoms with E-state index in [1.54, 1.807) is 18.1 Å². The highest BCUT2D eigenvalue weighted by molar-refractivity contribution is 5.94. The quantitative estimate of drug-likeness (QED) is 0.833. The van der Waals surface area contributed by atoms with Crippen molar-refractivity contribution in [3.05, 3.63) is 23.7 Å². The molecule has 0 aliphatic carbocycles. The van der Waals surface area contributed by atoms with Crippen LogP contribution in [-0.4, -0.2) is 37.6 Å². The summed E-state index contributed by atoms with van der Waals surface area (Å²) in [5, 5.41) is 0. The second kappa shape index (κ2) is 8.96. The fourth-order valence-corrected chi connectivity index (χ4v) is 1.70. The summed E-state index contributed by atoms with van der Waals surface area (Å²) in [5.74, 6) is 0.991. The number of carbonyl (C=O) groups is 1. The van der Waals surface area contributed by atoms with Gasteiger partial charge in [-0.3, -0.25) is 4.79 Å². The summed E-state index contributed by atoms with van der Waals surface area (Å²) in [6.07, 6.45) is 1.46. The van der Waals surface area contributed by atoms with Gasteiger partial charge in [0.1, 0.15) is 12.0 Å². The molecule has 19 heavy (non-hydrogen) atoms. The topological polar surface area (TPSA) is 68.7 Å². The molecule has 110 valence electrons. The number of methoxy groups -OCH3 is 1. The highest BCUT2D eigenvalue weighted by Crippen LogP contribution is 2.11.